The van der Waals surface area contributed by atoms with Crippen LogP contribution in [0.2, 0.25) is 0 Å². The fourth-order valence-electron chi connectivity index (χ4n) is 3.23. The number of aryl methyl sites for hydroxylation is 2. The number of alkyl halides is 3. The molecule has 1 amide bonds. The highest BCUT2D eigenvalue weighted by atomic mass is 35.5. The number of thiazole rings is 1. The molecule has 0 saturated carbocycles. The van der Waals surface area contributed by atoms with Crippen LogP contribution in [0.4, 0.5) is 18.3 Å². The van der Waals surface area contributed by atoms with E-state index in [0.29, 0.717) is 24.6 Å². The zero-order valence-electron chi connectivity index (χ0n) is 17.0. The quantitative estimate of drug-likeness (QED) is 0.341. The molecule has 0 saturated heterocycles. The summed E-state index contributed by atoms with van der Waals surface area (Å²) in [4.78, 5) is 23.3. The molecular weight excluding hydrogens is 461 g/mol. The van der Waals surface area contributed by atoms with Gasteiger partial charge in [-0.2, -0.15) is 13.2 Å². The molecule has 32 heavy (non-hydrogen) atoms. The van der Waals surface area contributed by atoms with Crippen molar-refractivity contribution in [3.8, 4) is 0 Å². The second-order valence-electron chi connectivity index (χ2n) is 7.16. The number of amides is 1. The molecule has 2 aromatic heterocycles. The first-order valence-corrected chi connectivity index (χ1v) is 10.4. The molecule has 0 radical (unpaired) electrons. The van der Waals surface area contributed by atoms with Gasteiger partial charge in [-0.15, -0.1) is 12.4 Å². The van der Waals surface area contributed by atoms with Gasteiger partial charge in [0.1, 0.15) is 0 Å². The molecule has 0 atom stereocenters. The second kappa shape index (κ2) is 9.70. The van der Waals surface area contributed by atoms with Crippen LogP contribution in [0.25, 0.3) is 10.2 Å². The van der Waals surface area contributed by atoms with Crippen molar-refractivity contribution in [2.75, 3.05) is 11.4 Å². The van der Waals surface area contributed by atoms with Crippen molar-refractivity contribution in [1.82, 2.24) is 14.5 Å². The molecule has 0 unspecified atom stereocenters. The standard InChI is InChI=1S/C22H19F3N4OS.ClH/c1-15-6-7-18-19(12-15)31-21(27-18)29(10-3-9-28-11-8-26-14-28)20(30)16-4-2-5-17(13-16)22(23,24)25;/h2,4-8,11-14H,3,9-10H2,1H3;1H. The van der Waals surface area contributed by atoms with Crippen LogP contribution in [0.5, 0.6) is 0 Å². The number of rotatable bonds is 6. The van der Waals surface area contributed by atoms with Gasteiger partial charge in [0.05, 0.1) is 22.1 Å². The third kappa shape index (κ3) is 5.28. The van der Waals surface area contributed by atoms with Gasteiger partial charge in [-0.1, -0.05) is 23.5 Å². The van der Waals surface area contributed by atoms with E-state index >= 15 is 0 Å². The largest absolute Gasteiger partial charge is 0.416 e. The Morgan fingerprint density at radius 3 is 2.72 bits per heavy atom. The monoisotopic (exact) mass is 480 g/mol. The number of nitrogens with zero attached hydrogens (tertiary/aromatic N) is 4. The van der Waals surface area contributed by atoms with Crippen LogP contribution in [-0.4, -0.2) is 27.0 Å². The molecule has 0 bridgehead atoms. The number of benzene rings is 2. The van der Waals surface area contributed by atoms with Crippen LogP contribution in [0.15, 0.2) is 61.2 Å². The van der Waals surface area contributed by atoms with Crippen molar-refractivity contribution in [3.63, 3.8) is 0 Å². The molecule has 2 aromatic carbocycles. The lowest BCUT2D eigenvalue weighted by Gasteiger charge is -2.20. The van der Waals surface area contributed by atoms with Gasteiger partial charge in [-0.25, -0.2) is 9.97 Å². The minimum Gasteiger partial charge on any atom is -0.337 e. The minimum absolute atomic E-state index is 0. The summed E-state index contributed by atoms with van der Waals surface area (Å²) in [5.74, 6) is -0.507. The van der Waals surface area contributed by atoms with Gasteiger partial charge in [0.15, 0.2) is 5.13 Å². The van der Waals surface area contributed by atoms with Crippen molar-refractivity contribution in [1.29, 1.82) is 0 Å². The van der Waals surface area contributed by atoms with Crippen LogP contribution >= 0.6 is 23.7 Å². The molecule has 10 heteroatoms. The maximum Gasteiger partial charge on any atom is 0.416 e. The Hall–Kier alpha value is -2.91. The van der Waals surface area contributed by atoms with Crippen LogP contribution in [-0.2, 0) is 12.7 Å². The van der Waals surface area contributed by atoms with Gasteiger partial charge in [-0.3, -0.25) is 9.69 Å². The number of hydrogen-bond donors (Lipinski definition) is 0. The molecule has 0 aliphatic heterocycles. The Morgan fingerprint density at radius 1 is 1.19 bits per heavy atom. The molecule has 168 valence electrons. The Morgan fingerprint density at radius 2 is 2.00 bits per heavy atom. The number of hydrogen-bond acceptors (Lipinski definition) is 4. The molecular formula is C22H20ClF3N4OS. The Kier molecular flexibility index (Phi) is 7.20. The minimum atomic E-state index is -4.52. The number of fused-ring (bicyclic) bond motifs is 1. The predicted molar refractivity (Wildman–Crippen MR) is 122 cm³/mol. The van der Waals surface area contributed by atoms with Crippen molar-refractivity contribution in [2.24, 2.45) is 0 Å². The number of carbonyl (C=O) groups is 1. The van der Waals surface area contributed by atoms with Crippen LogP contribution in [0, 0.1) is 6.92 Å². The van der Waals surface area contributed by atoms with E-state index in [1.807, 2.05) is 35.9 Å². The van der Waals surface area contributed by atoms with Gasteiger partial charge in [0.2, 0.25) is 0 Å². The first-order chi connectivity index (χ1) is 14.8. The summed E-state index contributed by atoms with van der Waals surface area (Å²) in [6.45, 7) is 2.90. The molecule has 0 spiro atoms. The lowest BCUT2D eigenvalue weighted by atomic mass is 10.1. The maximum absolute atomic E-state index is 13.3. The topological polar surface area (TPSA) is 51.0 Å². The van der Waals surface area contributed by atoms with E-state index in [1.54, 1.807) is 12.5 Å². The lowest BCUT2D eigenvalue weighted by Crippen LogP contribution is -2.32. The fraction of sp³-hybridized carbons (Fsp3) is 0.227. The molecule has 2 heterocycles. The lowest BCUT2D eigenvalue weighted by molar-refractivity contribution is -0.137. The van der Waals surface area contributed by atoms with E-state index in [-0.39, 0.29) is 18.0 Å². The fourth-order valence-corrected chi connectivity index (χ4v) is 4.32. The maximum atomic E-state index is 13.3. The predicted octanol–water partition coefficient (Wildman–Crippen LogP) is 5.98. The molecule has 0 fully saturated rings. The second-order valence-corrected chi connectivity index (χ2v) is 8.17. The highest BCUT2D eigenvalue weighted by Gasteiger charge is 2.31. The molecule has 4 aromatic rings. The van der Waals surface area contributed by atoms with E-state index in [0.717, 1.165) is 27.9 Å². The van der Waals surface area contributed by atoms with Crippen molar-refractivity contribution < 1.29 is 18.0 Å². The first kappa shape index (κ1) is 23.7. The van der Waals surface area contributed by atoms with E-state index in [1.165, 1.54) is 28.4 Å². The number of imidazole rings is 1. The number of anilines is 1. The van der Waals surface area contributed by atoms with E-state index in [9.17, 15) is 18.0 Å². The van der Waals surface area contributed by atoms with Crippen molar-refractivity contribution >= 4 is 45.0 Å². The van der Waals surface area contributed by atoms with Crippen LogP contribution in [0.1, 0.15) is 27.9 Å². The molecule has 0 aliphatic carbocycles. The molecule has 4 rings (SSSR count). The smallest absolute Gasteiger partial charge is 0.337 e. The third-order valence-electron chi connectivity index (χ3n) is 4.80. The summed E-state index contributed by atoms with van der Waals surface area (Å²) in [5, 5.41) is 0.466. The Labute approximate surface area is 192 Å². The van der Waals surface area contributed by atoms with Crippen LogP contribution in [0.3, 0.4) is 0 Å². The number of halogens is 4. The first-order valence-electron chi connectivity index (χ1n) is 9.63. The average Bonchev–Trinajstić information content (AvgIpc) is 3.39. The van der Waals surface area contributed by atoms with Gasteiger partial charge in [0.25, 0.3) is 5.91 Å². The van der Waals surface area contributed by atoms with Crippen molar-refractivity contribution in [2.45, 2.75) is 26.1 Å². The van der Waals surface area contributed by atoms with E-state index < -0.39 is 17.6 Å². The summed E-state index contributed by atoms with van der Waals surface area (Å²) in [6.07, 6.45) is 1.24. The van der Waals surface area contributed by atoms with E-state index in [4.69, 9.17) is 0 Å². The van der Waals surface area contributed by atoms with Gasteiger partial charge in [0, 0.05) is 31.0 Å². The number of carbonyl (C=O) groups excluding carboxylic acids is 1. The van der Waals surface area contributed by atoms with E-state index in [2.05, 4.69) is 9.97 Å². The van der Waals surface area contributed by atoms with Crippen molar-refractivity contribution in [3.05, 3.63) is 77.9 Å². The zero-order valence-corrected chi connectivity index (χ0v) is 18.7. The summed E-state index contributed by atoms with van der Waals surface area (Å²) >= 11 is 1.35. The van der Waals surface area contributed by atoms with Gasteiger partial charge in [-0.05, 0) is 49.2 Å². The summed E-state index contributed by atoms with van der Waals surface area (Å²) in [7, 11) is 0. The number of aromatic nitrogens is 3. The Balaban J connectivity index is 0.00000289. The highest BCUT2D eigenvalue weighted by Crippen LogP contribution is 2.32. The zero-order chi connectivity index (χ0) is 22.0. The van der Waals surface area contributed by atoms with Gasteiger partial charge >= 0.3 is 6.18 Å². The molecule has 0 N–H and O–H groups in total. The highest BCUT2D eigenvalue weighted by molar-refractivity contribution is 7.22. The Bertz CT molecular complexity index is 1210. The summed E-state index contributed by atoms with van der Waals surface area (Å²) in [6, 6.07) is 10.3. The SMILES string of the molecule is Cc1ccc2nc(N(CCCn3ccnc3)C(=O)c3cccc(C(F)(F)F)c3)sc2c1.Cl. The molecule has 0 aliphatic rings. The normalized spacial score (nSPS) is 11.4. The average molecular weight is 481 g/mol. The molecule has 5 nitrogen and oxygen atoms in total. The van der Waals surface area contributed by atoms with Gasteiger partial charge < -0.3 is 4.57 Å². The summed E-state index contributed by atoms with van der Waals surface area (Å²) in [5.41, 5.74) is 0.949. The summed E-state index contributed by atoms with van der Waals surface area (Å²) < 4.78 is 42.3. The van der Waals surface area contributed by atoms with Crippen LogP contribution < -0.4 is 4.90 Å². The third-order valence-corrected chi connectivity index (χ3v) is 5.84.